The molecule has 2 unspecified atom stereocenters. The lowest BCUT2D eigenvalue weighted by atomic mass is 10.1. The maximum atomic E-state index is 5.72. The Kier molecular flexibility index (Phi) is 4.77. The van der Waals surface area contributed by atoms with Crippen molar-refractivity contribution < 1.29 is 4.74 Å². The van der Waals surface area contributed by atoms with Crippen molar-refractivity contribution >= 4 is 17.3 Å². The number of hydrogen-bond acceptors (Lipinski definition) is 6. The average Bonchev–Trinajstić information content (AvgIpc) is 3.10. The molecule has 1 aliphatic heterocycles. The summed E-state index contributed by atoms with van der Waals surface area (Å²) in [4.78, 5) is 6.81. The van der Waals surface area contributed by atoms with Crippen LogP contribution in [0.4, 0.5) is 5.95 Å². The van der Waals surface area contributed by atoms with Crippen molar-refractivity contribution in [2.75, 3.05) is 18.1 Å². The maximum Gasteiger partial charge on any atom is 0.227 e. The highest BCUT2D eigenvalue weighted by Crippen LogP contribution is 2.23. The molecular weight excluding hydrogens is 310 g/mol. The standard InChI is InChI=1S/C16H23N5OS/c1-5-6-21-14(9-15-17-11(2)10-23-15)18-19-16(21)20-7-8-22-13(4)12(20)3/h5,10,12-13H,1,6-9H2,2-4H3. The summed E-state index contributed by atoms with van der Waals surface area (Å²) in [5, 5.41) is 12.0. The van der Waals surface area contributed by atoms with Crippen LogP contribution in [-0.4, -0.2) is 45.0 Å². The minimum absolute atomic E-state index is 0.183. The minimum atomic E-state index is 0.183. The monoisotopic (exact) mass is 333 g/mol. The topological polar surface area (TPSA) is 56.1 Å². The van der Waals surface area contributed by atoms with E-state index in [-0.39, 0.29) is 12.1 Å². The van der Waals surface area contributed by atoms with E-state index in [0.717, 1.165) is 29.0 Å². The molecule has 0 radical (unpaired) electrons. The van der Waals surface area contributed by atoms with Crippen LogP contribution in [0.5, 0.6) is 0 Å². The van der Waals surface area contributed by atoms with E-state index in [9.17, 15) is 0 Å². The van der Waals surface area contributed by atoms with Crippen LogP contribution in [0, 0.1) is 6.92 Å². The molecule has 3 heterocycles. The Morgan fingerprint density at radius 3 is 2.96 bits per heavy atom. The second kappa shape index (κ2) is 6.80. The number of rotatable bonds is 5. The van der Waals surface area contributed by atoms with Crippen LogP contribution in [0.2, 0.25) is 0 Å². The van der Waals surface area contributed by atoms with Gasteiger partial charge in [0, 0.05) is 24.2 Å². The van der Waals surface area contributed by atoms with Gasteiger partial charge in [-0.25, -0.2) is 4.98 Å². The van der Waals surface area contributed by atoms with Crippen LogP contribution in [0.15, 0.2) is 18.0 Å². The zero-order chi connectivity index (χ0) is 16.4. The lowest BCUT2D eigenvalue weighted by Gasteiger charge is -2.38. The van der Waals surface area contributed by atoms with Gasteiger partial charge in [0.1, 0.15) is 10.8 Å². The molecule has 0 aliphatic carbocycles. The fourth-order valence-electron chi connectivity index (χ4n) is 2.82. The third-order valence-corrected chi connectivity index (χ3v) is 5.20. The lowest BCUT2D eigenvalue weighted by molar-refractivity contribution is 0.0275. The summed E-state index contributed by atoms with van der Waals surface area (Å²) in [7, 11) is 0. The van der Waals surface area contributed by atoms with Gasteiger partial charge in [0.05, 0.1) is 25.2 Å². The number of allylic oxidation sites excluding steroid dienone is 1. The molecule has 1 fully saturated rings. The van der Waals surface area contributed by atoms with Crippen molar-refractivity contribution in [3.63, 3.8) is 0 Å². The highest BCUT2D eigenvalue weighted by Gasteiger charge is 2.29. The van der Waals surface area contributed by atoms with Crippen LogP contribution in [0.3, 0.4) is 0 Å². The van der Waals surface area contributed by atoms with E-state index < -0.39 is 0 Å². The van der Waals surface area contributed by atoms with E-state index >= 15 is 0 Å². The van der Waals surface area contributed by atoms with Gasteiger partial charge in [-0.2, -0.15) is 0 Å². The molecule has 2 aromatic heterocycles. The zero-order valence-electron chi connectivity index (χ0n) is 13.9. The Labute approximate surface area is 140 Å². The summed E-state index contributed by atoms with van der Waals surface area (Å²) in [6.07, 6.45) is 2.77. The first-order valence-electron chi connectivity index (χ1n) is 7.92. The van der Waals surface area contributed by atoms with Crippen molar-refractivity contribution in [3.8, 4) is 0 Å². The van der Waals surface area contributed by atoms with Crippen molar-refractivity contribution in [2.45, 2.75) is 45.9 Å². The number of nitrogens with zero attached hydrogens (tertiary/aromatic N) is 5. The summed E-state index contributed by atoms with van der Waals surface area (Å²) in [5.41, 5.74) is 1.05. The number of aryl methyl sites for hydroxylation is 1. The van der Waals surface area contributed by atoms with E-state index in [1.165, 1.54) is 0 Å². The molecule has 2 atom stereocenters. The third-order valence-electron chi connectivity index (χ3n) is 4.24. The normalized spacial score (nSPS) is 21.6. The maximum absolute atomic E-state index is 5.72. The molecule has 0 aromatic carbocycles. The molecule has 2 aromatic rings. The predicted molar refractivity (Wildman–Crippen MR) is 92.1 cm³/mol. The summed E-state index contributed by atoms with van der Waals surface area (Å²) >= 11 is 1.67. The van der Waals surface area contributed by atoms with Crippen molar-refractivity contribution in [2.24, 2.45) is 0 Å². The molecule has 1 saturated heterocycles. The molecule has 6 nitrogen and oxygen atoms in total. The molecule has 7 heteroatoms. The van der Waals surface area contributed by atoms with Gasteiger partial charge < -0.3 is 9.64 Å². The molecule has 0 amide bonds. The molecule has 3 rings (SSSR count). The second-order valence-electron chi connectivity index (χ2n) is 5.88. The number of hydrogen-bond donors (Lipinski definition) is 0. The largest absolute Gasteiger partial charge is 0.375 e. The quantitative estimate of drug-likeness (QED) is 0.787. The van der Waals surface area contributed by atoms with E-state index in [4.69, 9.17) is 4.74 Å². The van der Waals surface area contributed by atoms with Gasteiger partial charge in [-0.3, -0.25) is 4.57 Å². The first kappa shape index (κ1) is 16.1. The number of anilines is 1. The Morgan fingerprint density at radius 1 is 1.43 bits per heavy atom. The third kappa shape index (κ3) is 3.30. The first-order chi connectivity index (χ1) is 11.1. The molecular formula is C16H23N5OS. The summed E-state index contributed by atoms with van der Waals surface area (Å²) in [6, 6.07) is 0.270. The van der Waals surface area contributed by atoms with Crippen molar-refractivity contribution in [3.05, 3.63) is 34.6 Å². The van der Waals surface area contributed by atoms with Gasteiger partial charge >= 0.3 is 0 Å². The summed E-state index contributed by atoms with van der Waals surface area (Å²) in [5.74, 6) is 1.83. The van der Waals surface area contributed by atoms with Crippen molar-refractivity contribution in [1.82, 2.24) is 19.7 Å². The zero-order valence-corrected chi connectivity index (χ0v) is 14.7. The molecule has 0 saturated carbocycles. The van der Waals surface area contributed by atoms with E-state index in [1.807, 2.05) is 13.0 Å². The molecule has 0 spiro atoms. The highest BCUT2D eigenvalue weighted by molar-refractivity contribution is 7.09. The summed E-state index contributed by atoms with van der Waals surface area (Å²) < 4.78 is 7.86. The first-order valence-corrected chi connectivity index (χ1v) is 8.80. The van der Waals surface area contributed by atoms with Gasteiger partial charge in [-0.15, -0.1) is 28.1 Å². The van der Waals surface area contributed by atoms with Gasteiger partial charge in [-0.05, 0) is 20.8 Å². The molecule has 23 heavy (non-hydrogen) atoms. The Balaban J connectivity index is 1.90. The second-order valence-corrected chi connectivity index (χ2v) is 6.83. The predicted octanol–water partition coefficient (Wildman–Crippen LogP) is 2.43. The fourth-order valence-corrected chi connectivity index (χ4v) is 3.59. The van der Waals surface area contributed by atoms with E-state index in [0.29, 0.717) is 19.6 Å². The molecule has 1 aliphatic rings. The molecule has 0 N–H and O–H groups in total. The SMILES string of the molecule is C=CCn1c(Cc2nc(C)cs2)nnc1N1CCOC(C)C1C. The lowest BCUT2D eigenvalue weighted by Crippen LogP contribution is -2.49. The number of thiazole rings is 1. The number of aromatic nitrogens is 4. The van der Waals surface area contributed by atoms with Crippen LogP contribution in [-0.2, 0) is 17.7 Å². The van der Waals surface area contributed by atoms with Gasteiger partial charge in [0.15, 0.2) is 0 Å². The molecule has 124 valence electrons. The Bertz CT molecular complexity index is 680. The van der Waals surface area contributed by atoms with Gasteiger partial charge in [-0.1, -0.05) is 6.08 Å². The molecule has 0 bridgehead atoms. The summed E-state index contributed by atoms with van der Waals surface area (Å²) in [6.45, 7) is 12.4. The van der Waals surface area contributed by atoms with Gasteiger partial charge in [0.25, 0.3) is 0 Å². The highest BCUT2D eigenvalue weighted by atomic mass is 32.1. The van der Waals surface area contributed by atoms with Crippen LogP contribution >= 0.6 is 11.3 Å². The van der Waals surface area contributed by atoms with Crippen molar-refractivity contribution in [1.29, 1.82) is 0 Å². The Morgan fingerprint density at radius 2 is 2.26 bits per heavy atom. The minimum Gasteiger partial charge on any atom is -0.375 e. The van der Waals surface area contributed by atoms with Crippen LogP contribution < -0.4 is 4.90 Å². The van der Waals surface area contributed by atoms with Crippen LogP contribution in [0.1, 0.15) is 30.4 Å². The number of morpholine rings is 1. The van der Waals surface area contributed by atoms with Gasteiger partial charge in [0.2, 0.25) is 5.95 Å². The fraction of sp³-hybridized carbons (Fsp3) is 0.562. The number of ether oxygens (including phenoxy) is 1. The smallest absolute Gasteiger partial charge is 0.227 e. The van der Waals surface area contributed by atoms with E-state index in [1.54, 1.807) is 11.3 Å². The van der Waals surface area contributed by atoms with E-state index in [2.05, 4.69) is 50.5 Å². The average molecular weight is 333 g/mol. The Hall–Kier alpha value is -1.73. The van der Waals surface area contributed by atoms with Crippen LogP contribution in [0.25, 0.3) is 0 Å².